The number of carboxylic acid groups (broad SMARTS) is 1. The fourth-order valence-electron chi connectivity index (χ4n) is 4.35. The number of rotatable bonds is 5. The molecule has 0 saturated carbocycles. The van der Waals surface area contributed by atoms with Crippen molar-refractivity contribution in [1.29, 1.82) is 0 Å². The number of aromatic nitrogens is 2. The van der Waals surface area contributed by atoms with E-state index in [0.717, 1.165) is 28.2 Å². The van der Waals surface area contributed by atoms with Crippen molar-refractivity contribution in [1.82, 2.24) is 14.7 Å². The van der Waals surface area contributed by atoms with Gasteiger partial charge in [0.15, 0.2) is 0 Å². The van der Waals surface area contributed by atoms with E-state index in [2.05, 4.69) is 59.7 Å². The molecule has 6 heteroatoms. The molecule has 0 aliphatic rings. The van der Waals surface area contributed by atoms with Crippen LogP contribution in [0.25, 0.3) is 28.2 Å². The number of aromatic carboxylic acids is 1. The molecule has 0 unspecified atom stereocenters. The van der Waals surface area contributed by atoms with Gasteiger partial charge >= 0.3 is 5.97 Å². The highest BCUT2D eigenvalue weighted by molar-refractivity contribution is 5.94. The van der Waals surface area contributed by atoms with Crippen LogP contribution in [0.15, 0.2) is 72.8 Å². The molecule has 1 amide bonds. The van der Waals surface area contributed by atoms with E-state index in [9.17, 15) is 14.7 Å². The molecule has 0 saturated heterocycles. The Hall–Kier alpha value is -4.19. The van der Waals surface area contributed by atoms with Crippen molar-refractivity contribution in [3.63, 3.8) is 0 Å². The highest BCUT2D eigenvalue weighted by Gasteiger charge is 2.23. The van der Waals surface area contributed by atoms with Crippen molar-refractivity contribution in [2.75, 3.05) is 14.1 Å². The zero-order valence-corrected chi connectivity index (χ0v) is 24.0. The maximum Gasteiger partial charge on any atom is 0.335 e. The second-order valence-electron chi connectivity index (χ2n) is 12.3. The van der Waals surface area contributed by atoms with Crippen LogP contribution in [0.2, 0.25) is 0 Å². The average molecular weight is 524 g/mol. The minimum atomic E-state index is -0.964. The summed E-state index contributed by atoms with van der Waals surface area (Å²) in [4.78, 5) is 25.4. The number of carboxylic acids is 1. The van der Waals surface area contributed by atoms with Gasteiger partial charge in [0.05, 0.1) is 22.6 Å². The Kier molecular flexibility index (Phi) is 7.26. The summed E-state index contributed by atoms with van der Waals surface area (Å²) in [6.45, 7) is 13.3. The van der Waals surface area contributed by atoms with Crippen LogP contribution in [-0.2, 0) is 10.8 Å². The molecule has 0 spiro atoms. The molecule has 6 nitrogen and oxygen atoms in total. The zero-order valence-electron chi connectivity index (χ0n) is 24.0. The van der Waals surface area contributed by atoms with Crippen LogP contribution in [0, 0.1) is 0 Å². The number of benzene rings is 3. The predicted octanol–water partition coefficient (Wildman–Crippen LogP) is 7.20. The quantitative estimate of drug-likeness (QED) is 0.300. The third-order valence-corrected chi connectivity index (χ3v) is 6.86. The lowest BCUT2D eigenvalue weighted by Crippen LogP contribution is -2.21. The van der Waals surface area contributed by atoms with Gasteiger partial charge in [0.25, 0.3) is 5.91 Å². The predicted molar refractivity (Wildman–Crippen MR) is 157 cm³/mol. The Labute approximate surface area is 230 Å². The smallest absolute Gasteiger partial charge is 0.335 e. The van der Waals surface area contributed by atoms with Crippen molar-refractivity contribution in [2.24, 2.45) is 0 Å². The lowest BCUT2D eigenvalue weighted by molar-refractivity contribution is 0.0696. The summed E-state index contributed by atoms with van der Waals surface area (Å²) in [5.41, 5.74) is 7.53. The first-order valence-corrected chi connectivity index (χ1v) is 13.1. The number of hydrogen-bond acceptors (Lipinski definition) is 3. The molecule has 4 rings (SSSR count). The highest BCUT2D eigenvalue weighted by Crippen LogP contribution is 2.36. The van der Waals surface area contributed by atoms with Gasteiger partial charge in [-0.25, -0.2) is 9.48 Å². The molecule has 1 aromatic heterocycles. The average Bonchev–Trinajstić information content (AvgIpc) is 3.32. The normalized spacial score (nSPS) is 11.9. The summed E-state index contributed by atoms with van der Waals surface area (Å²) in [6, 6.07) is 23.0. The van der Waals surface area contributed by atoms with E-state index in [0.29, 0.717) is 5.56 Å². The van der Waals surface area contributed by atoms with Gasteiger partial charge in [-0.05, 0) is 76.6 Å². The highest BCUT2D eigenvalue weighted by atomic mass is 16.4. The van der Waals surface area contributed by atoms with Gasteiger partial charge in [0, 0.05) is 30.8 Å². The summed E-state index contributed by atoms with van der Waals surface area (Å²) in [7, 11) is 3.47. The van der Waals surface area contributed by atoms with Gasteiger partial charge < -0.3 is 10.0 Å². The Morgan fingerprint density at radius 2 is 1.23 bits per heavy atom. The van der Waals surface area contributed by atoms with Crippen LogP contribution in [0.4, 0.5) is 0 Å². The van der Waals surface area contributed by atoms with E-state index >= 15 is 0 Å². The largest absolute Gasteiger partial charge is 0.478 e. The maximum absolute atomic E-state index is 12.5. The third kappa shape index (κ3) is 5.95. The van der Waals surface area contributed by atoms with Gasteiger partial charge in [-0.15, -0.1) is 0 Å². The molecule has 0 aliphatic heterocycles. The fourth-order valence-corrected chi connectivity index (χ4v) is 4.35. The van der Waals surface area contributed by atoms with Crippen LogP contribution in [-0.4, -0.2) is 45.8 Å². The molecule has 3 aromatic carbocycles. The van der Waals surface area contributed by atoms with E-state index in [1.807, 2.05) is 35.0 Å². The van der Waals surface area contributed by atoms with E-state index in [4.69, 9.17) is 5.10 Å². The summed E-state index contributed by atoms with van der Waals surface area (Å²) in [5, 5.41) is 14.3. The minimum absolute atomic E-state index is 0.0510. The van der Waals surface area contributed by atoms with E-state index in [1.165, 1.54) is 11.1 Å². The summed E-state index contributed by atoms with van der Waals surface area (Å²) in [5.74, 6) is -1.03. The van der Waals surface area contributed by atoms with E-state index in [1.54, 1.807) is 43.3 Å². The van der Waals surface area contributed by atoms with Crippen LogP contribution in [0.3, 0.4) is 0 Å². The zero-order chi connectivity index (χ0) is 28.7. The Morgan fingerprint density at radius 1 is 0.718 bits per heavy atom. The Bertz CT molecular complexity index is 1480. The molecular formula is C33H37N3O3. The number of hydrogen-bond donors (Lipinski definition) is 1. The second-order valence-corrected chi connectivity index (χ2v) is 12.3. The number of carbonyl (C=O) groups excluding carboxylic acids is 1. The number of amides is 1. The SMILES string of the molecule is CN(C)C(=O)c1ccc(-n2nc(-c3ccc(C(=O)O)cc3)cc2-c2cc(C(C)(C)C)cc(C(C)(C)C)c2)cc1. The molecule has 0 bridgehead atoms. The summed E-state index contributed by atoms with van der Waals surface area (Å²) < 4.78 is 1.90. The van der Waals surface area contributed by atoms with Gasteiger partial charge in [-0.3, -0.25) is 4.79 Å². The van der Waals surface area contributed by atoms with Crippen LogP contribution < -0.4 is 0 Å². The van der Waals surface area contributed by atoms with Crippen LogP contribution >= 0.6 is 0 Å². The second kappa shape index (κ2) is 10.2. The van der Waals surface area contributed by atoms with Gasteiger partial charge in [-0.2, -0.15) is 5.10 Å². The third-order valence-electron chi connectivity index (χ3n) is 6.86. The van der Waals surface area contributed by atoms with Gasteiger partial charge in [-0.1, -0.05) is 59.7 Å². The first kappa shape index (κ1) is 27.8. The standard InChI is InChI=1S/C33H37N3O3/c1-32(2,3)25-17-24(18-26(19-25)33(4,5)6)29-20-28(21-9-11-23(12-10-21)31(38)39)34-36(29)27-15-13-22(14-16-27)30(37)35(7)8/h9-20H,1-8H3,(H,38,39). The van der Waals surface area contributed by atoms with Gasteiger partial charge in [0.2, 0.25) is 0 Å². The summed E-state index contributed by atoms with van der Waals surface area (Å²) >= 11 is 0. The molecule has 0 fully saturated rings. The van der Waals surface area contributed by atoms with Crippen LogP contribution in [0.1, 0.15) is 73.4 Å². The van der Waals surface area contributed by atoms with Crippen molar-refractivity contribution >= 4 is 11.9 Å². The Morgan fingerprint density at radius 3 is 1.69 bits per heavy atom. The molecule has 1 heterocycles. The molecule has 0 radical (unpaired) electrons. The molecule has 39 heavy (non-hydrogen) atoms. The Balaban J connectivity index is 1.93. The fraction of sp³-hybridized carbons (Fsp3) is 0.303. The topological polar surface area (TPSA) is 75.4 Å². The van der Waals surface area contributed by atoms with E-state index in [-0.39, 0.29) is 22.3 Å². The van der Waals surface area contributed by atoms with Crippen LogP contribution in [0.5, 0.6) is 0 Å². The number of nitrogens with zero attached hydrogens (tertiary/aromatic N) is 3. The van der Waals surface area contributed by atoms with Crippen molar-refractivity contribution in [3.8, 4) is 28.2 Å². The maximum atomic E-state index is 12.5. The van der Waals surface area contributed by atoms with E-state index < -0.39 is 5.97 Å². The first-order chi connectivity index (χ1) is 18.1. The number of carbonyl (C=O) groups is 2. The molecule has 202 valence electrons. The lowest BCUT2D eigenvalue weighted by atomic mass is 9.79. The summed E-state index contributed by atoms with van der Waals surface area (Å²) in [6.07, 6.45) is 0. The molecular weight excluding hydrogens is 486 g/mol. The van der Waals surface area contributed by atoms with Crippen molar-refractivity contribution in [3.05, 3.63) is 95.1 Å². The minimum Gasteiger partial charge on any atom is -0.478 e. The molecule has 0 aliphatic carbocycles. The van der Waals surface area contributed by atoms with Gasteiger partial charge in [0.1, 0.15) is 0 Å². The van der Waals surface area contributed by atoms with Crippen molar-refractivity contribution < 1.29 is 14.7 Å². The first-order valence-electron chi connectivity index (χ1n) is 13.1. The monoisotopic (exact) mass is 523 g/mol. The lowest BCUT2D eigenvalue weighted by Gasteiger charge is -2.26. The molecule has 0 atom stereocenters. The van der Waals surface area contributed by atoms with Crippen molar-refractivity contribution in [2.45, 2.75) is 52.4 Å². The molecule has 1 N–H and O–H groups in total. The molecule has 4 aromatic rings.